The topological polar surface area (TPSA) is 126 Å². The quantitative estimate of drug-likeness (QED) is 0.513. The zero-order valence-electron chi connectivity index (χ0n) is 20.9. The molecule has 0 aliphatic carbocycles. The molecule has 208 valence electrons. The molecule has 0 bridgehead atoms. The fraction of sp³-hybridized carbons (Fsp3) is 0.440. The highest BCUT2D eigenvalue weighted by Crippen LogP contribution is 2.34. The SMILES string of the molecule is CS(=O)(=O)c1cc(COC(=O)N2CCC3CN(C(=O)c4ccc5n[nH]nc5c4)C[C@@H]3CC2)cc(C(F)(F)F)c1. The van der Waals surface area contributed by atoms with Crippen molar-refractivity contribution in [2.24, 2.45) is 11.8 Å². The van der Waals surface area contributed by atoms with Crippen LogP contribution >= 0.6 is 0 Å². The smallest absolute Gasteiger partial charge is 0.416 e. The second-order valence-electron chi connectivity index (χ2n) is 10.0. The molecule has 1 unspecified atom stereocenters. The Morgan fingerprint density at radius 2 is 1.67 bits per heavy atom. The highest BCUT2D eigenvalue weighted by Gasteiger charge is 2.38. The van der Waals surface area contributed by atoms with E-state index in [4.69, 9.17) is 4.74 Å². The number of fused-ring (bicyclic) bond motifs is 2. The largest absolute Gasteiger partial charge is 0.445 e. The first kappa shape index (κ1) is 26.9. The van der Waals surface area contributed by atoms with Gasteiger partial charge < -0.3 is 14.5 Å². The summed E-state index contributed by atoms with van der Waals surface area (Å²) in [5.41, 5.74) is 0.629. The van der Waals surface area contributed by atoms with Gasteiger partial charge in [0.2, 0.25) is 0 Å². The minimum absolute atomic E-state index is 0.0664. The molecule has 39 heavy (non-hydrogen) atoms. The maximum absolute atomic E-state index is 13.3. The lowest BCUT2D eigenvalue weighted by molar-refractivity contribution is -0.137. The number of aromatic amines is 1. The van der Waals surface area contributed by atoms with Crippen molar-refractivity contribution in [1.29, 1.82) is 0 Å². The summed E-state index contributed by atoms with van der Waals surface area (Å²) in [6, 6.07) is 7.59. The second kappa shape index (κ2) is 10.1. The number of hydrogen-bond acceptors (Lipinski definition) is 7. The van der Waals surface area contributed by atoms with Crippen LogP contribution < -0.4 is 0 Å². The van der Waals surface area contributed by atoms with Gasteiger partial charge in [-0.1, -0.05) is 0 Å². The second-order valence-corrected chi connectivity index (χ2v) is 12.0. The van der Waals surface area contributed by atoms with Crippen LogP contribution in [-0.2, 0) is 27.4 Å². The number of carbonyl (C=O) groups is 2. The Kier molecular flexibility index (Phi) is 6.99. The molecule has 1 N–H and O–H groups in total. The highest BCUT2D eigenvalue weighted by molar-refractivity contribution is 7.90. The third-order valence-corrected chi connectivity index (χ3v) is 8.40. The van der Waals surface area contributed by atoms with E-state index in [2.05, 4.69) is 15.4 Å². The van der Waals surface area contributed by atoms with Gasteiger partial charge in [-0.15, -0.1) is 0 Å². The number of rotatable bonds is 4. The molecule has 0 spiro atoms. The van der Waals surface area contributed by atoms with Gasteiger partial charge in [-0.05, 0) is 66.6 Å². The van der Waals surface area contributed by atoms with Crippen LogP contribution in [0.25, 0.3) is 11.0 Å². The van der Waals surface area contributed by atoms with E-state index in [0.29, 0.717) is 61.7 Å². The number of benzene rings is 2. The van der Waals surface area contributed by atoms with E-state index in [1.54, 1.807) is 18.2 Å². The van der Waals surface area contributed by atoms with Gasteiger partial charge in [0.05, 0.1) is 10.5 Å². The molecule has 2 amide bonds. The van der Waals surface area contributed by atoms with Crippen LogP contribution in [-0.4, -0.2) is 78.1 Å². The number of carbonyl (C=O) groups excluding carboxylic acids is 2. The Balaban J connectivity index is 1.18. The van der Waals surface area contributed by atoms with E-state index in [9.17, 15) is 31.2 Å². The number of likely N-dealkylation sites (tertiary alicyclic amines) is 2. The molecule has 2 atom stereocenters. The number of hydrogen-bond donors (Lipinski definition) is 1. The van der Waals surface area contributed by atoms with Gasteiger partial charge in [-0.3, -0.25) is 4.79 Å². The van der Waals surface area contributed by atoms with Crippen LogP contribution in [0.5, 0.6) is 0 Å². The highest BCUT2D eigenvalue weighted by atomic mass is 32.2. The molecule has 2 saturated heterocycles. The maximum atomic E-state index is 13.3. The molecular weight excluding hydrogens is 539 g/mol. The molecule has 2 aliphatic heterocycles. The minimum atomic E-state index is -4.75. The summed E-state index contributed by atoms with van der Waals surface area (Å²) in [5, 5.41) is 10.6. The fourth-order valence-electron chi connectivity index (χ4n) is 5.21. The summed E-state index contributed by atoms with van der Waals surface area (Å²) < 4.78 is 68.8. The minimum Gasteiger partial charge on any atom is -0.445 e. The molecular formula is C25H26F3N5O5S. The number of nitrogens with one attached hydrogen (secondary N) is 1. The number of amides is 2. The van der Waals surface area contributed by atoms with Crippen molar-refractivity contribution in [3.63, 3.8) is 0 Å². The van der Waals surface area contributed by atoms with E-state index in [1.807, 2.05) is 4.90 Å². The molecule has 3 aromatic rings. The van der Waals surface area contributed by atoms with Crippen LogP contribution in [0.2, 0.25) is 0 Å². The Bertz CT molecular complexity index is 1510. The van der Waals surface area contributed by atoms with E-state index in [1.165, 1.54) is 4.90 Å². The number of halogens is 3. The summed E-state index contributed by atoms with van der Waals surface area (Å²) in [5.74, 6) is 0.311. The van der Waals surface area contributed by atoms with Gasteiger partial charge in [0.15, 0.2) is 9.84 Å². The summed E-state index contributed by atoms with van der Waals surface area (Å²) >= 11 is 0. The fourth-order valence-corrected chi connectivity index (χ4v) is 5.92. The van der Waals surface area contributed by atoms with Crippen molar-refractivity contribution in [2.45, 2.75) is 30.5 Å². The van der Waals surface area contributed by atoms with Crippen molar-refractivity contribution in [1.82, 2.24) is 25.2 Å². The van der Waals surface area contributed by atoms with Crippen molar-refractivity contribution >= 4 is 32.9 Å². The number of aromatic nitrogens is 3. The van der Waals surface area contributed by atoms with Gasteiger partial charge in [0.1, 0.15) is 17.6 Å². The lowest BCUT2D eigenvalue weighted by Crippen LogP contribution is -2.34. The molecule has 0 radical (unpaired) electrons. The standard InChI is InChI=1S/C25H26F3N5O5S/c1-39(36,37)20-9-15(8-19(11-20)25(26,27)28)14-38-24(35)32-6-4-17-12-33(13-18(17)5-7-32)23(34)16-2-3-21-22(10-16)30-31-29-21/h2-3,8-11,17-18H,4-7,12-14H2,1H3,(H,29,30,31)/t17-,18?/m0/s1. The first-order valence-corrected chi connectivity index (χ1v) is 14.2. The number of sulfone groups is 1. The van der Waals surface area contributed by atoms with Gasteiger partial charge >= 0.3 is 12.3 Å². The molecule has 2 aromatic carbocycles. The average Bonchev–Trinajstić information content (AvgIpc) is 3.47. The van der Waals surface area contributed by atoms with Crippen LogP contribution in [0.3, 0.4) is 0 Å². The summed E-state index contributed by atoms with van der Waals surface area (Å²) in [6.45, 7) is 1.38. The monoisotopic (exact) mass is 565 g/mol. The Morgan fingerprint density at radius 3 is 2.31 bits per heavy atom. The molecule has 5 rings (SSSR count). The summed E-state index contributed by atoms with van der Waals surface area (Å²) in [6.07, 6.45) is -3.32. The molecule has 1 aromatic heterocycles. The molecule has 3 heterocycles. The van der Waals surface area contributed by atoms with Gasteiger partial charge in [-0.2, -0.15) is 28.6 Å². The van der Waals surface area contributed by atoms with Gasteiger partial charge in [-0.25, -0.2) is 13.2 Å². The number of H-pyrrole nitrogens is 1. The third-order valence-electron chi connectivity index (χ3n) is 7.31. The normalized spacial score (nSPS) is 20.1. The van der Waals surface area contributed by atoms with Crippen LogP contribution in [0.1, 0.15) is 34.3 Å². The molecule has 10 nitrogen and oxygen atoms in total. The first-order valence-electron chi connectivity index (χ1n) is 12.3. The van der Waals surface area contributed by atoms with Gasteiger partial charge in [0, 0.05) is 38.0 Å². The zero-order chi connectivity index (χ0) is 27.9. The van der Waals surface area contributed by atoms with Crippen molar-refractivity contribution < 1.29 is 35.9 Å². The number of ether oxygens (including phenoxy) is 1. The third kappa shape index (κ3) is 5.84. The lowest BCUT2D eigenvalue weighted by atomic mass is 9.92. The average molecular weight is 566 g/mol. The van der Waals surface area contributed by atoms with E-state index < -0.39 is 39.2 Å². The maximum Gasteiger partial charge on any atom is 0.416 e. The van der Waals surface area contributed by atoms with Crippen LogP contribution in [0.4, 0.5) is 18.0 Å². The molecule has 0 saturated carbocycles. The lowest BCUT2D eigenvalue weighted by Gasteiger charge is -2.22. The van der Waals surface area contributed by atoms with Crippen molar-refractivity contribution in [2.75, 3.05) is 32.4 Å². The van der Waals surface area contributed by atoms with Crippen LogP contribution in [0.15, 0.2) is 41.3 Å². The number of alkyl halides is 3. The van der Waals surface area contributed by atoms with E-state index in [0.717, 1.165) is 18.4 Å². The van der Waals surface area contributed by atoms with Crippen LogP contribution in [0, 0.1) is 11.8 Å². The predicted octanol–water partition coefficient (Wildman–Crippen LogP) is 3.50. The zero-order valence-corrected chi connectivity index (χ0v) is 21.8. The van der Waals surface area contributed by atoms with E-state index in [-0.39, 0.29) is 23.3 Å². The summed E-state index contributed by atoms with van der Waals surface area (Å²) in [4.78, 5) is 28.6. The van der Waals surface area contributed by atoms with Crippen molar-refractivity contribution in [3.05, 3.63) is 53.1 Å². The molecule has 14 heteroatoms. The number of nitrogens with zero attached hydrogens (tertiary/aromatic N) is 4. The predicted molar refractivity (Wildman–Crippen MR) is 132 cm³/mol. The summed E-state index contributed by atoms with van der Waals surface area (Å²) in [7, 11) is -3.90. The van der Waals surface area contributed by atoms with E-state index >= 15 is 0 Å². The molecule has 2 aliphatic rings. The Morgan fingerprint density at radius 1 is 1.00 bits per heavy atom. The Hall–Kier alpha value is -3.68. The Labute approximate surface area is 222 Å². The first-order chi connectivity index (χ1) is 18.4. The molecule has 2 fully saturated rings. The van der Waals surface area contributed by atoms with Gasteiger partial charge in [0.25, 0.3) is 5.91 Å². The van der Waals surface area contributed by atoms with Crippen molar-refractivity contribution in [3.8, 4) is 0 Å².